The van der Waals surface area contributed by atoms with Crippen molar-refractivity contribution in [2.45, 2.75) is 32.5 Å². The Bertz CT molecular complexity index is 644. The zero-order valence-electron chi connectivity index (χ0n) is 13.1. The minimum absolute atomic E-state index is 0.297. The highest BCUT2D eigenvalue weighted by atomic mass is 35.5. The van der Waals surface area contributed by atoms with Gasteiger partial charge in [0.05, 0.1) is 6.04 Å². The molecule has 0 aliphatic heterocycles. The molecule has 1 unspecified atom stereocenters. The van der Waals surface area contributed by atoms with Crippen LogP contribution in [-0.4, -0.2) is 11.9 Å². The number of ether oxygens (including phenoxy) is 1. The van der Waals surface area contributed by atoms with E-state index in [4.69, 9.17) is 22.1 Å². The molecular weight excluding hydrogens is 312 g/mol. The molecule has 0 aromatic heterocycles. The van der Waals surface area contributed by atoms with Crippen molar-refractivity contribution in [3.63, 3.8) is 0 Å². The van der Waals surface area contributed by atoms with Gasteiger partial charge in [0.2, 0.25) is 5.91 Å². The molecule has 0 fully saturated rings. The summed E-state index contributed by atoms with van der Waals surface area (Å²) in [5.74, 6) is 0.463. The van der Waals surface area contributed by atoms with Crippen LogP contribution in [0, 0.1) is 0 Å². The number of amides is 1. The molecule has 0 aliphatic rings. The van der Waals surface area contributed by atoms with Gasteiger partial charge in [0.15, 0.2) is 0 Å². The van der Waals surface area contributed by atoms with Gasteiger partial charge in [-0.3, -0.25) is 4.79 Å². The van der Waals surface area contributed by atoms with Crippen molar-refractivity contribution in [1.29, 1.82) is 0 Å². The molecule has 23 heavy (non-hydrogen) atoms. The molecule has 2 aromatic carbocycles. The first-order chi connectivity index (χ1) is 11.1. The molecule has 0 saturated carbocycles. The Morgan fingerprint density at radius 1 is 1.22 bits per heavy atom. The van der Waals surface area contributed by atoms with Gasteiger partial charge in [0, 0.05) is 11.6 Å². The van der Waals surface area contributed by atoms with Crippen molar-refractivity contribution in [2.24, 2.45) is 5.73 Å². The lowest BCUT2D eigenvalue weighted by Gasteiger charge is -2.13. The van der Waals surface area contributed by atoms with E-state index in [1.807, 2.05) is 55.5 Å². The molecule has 5 heteroatoms. The molecule has 0 bridgehead atoms. The second kappa shape index (κ2) is 8.56. The van der Waals surface area contributed by atoms with E-state index in [2.05, 4.69) is 5.32 Å². The average molecular weight is 333 g/mol. The summed E-state index contributed by atoms with van der Waals surface area (Å²) in [5, 5.41) is 3.84. The quantitative estimate of drug-likeness (QED) is 0.779. The molecular formula is C18H21ClN2O2. The summed E-state index contributed by atoms with van der Waals surface area (Å²) in [5.41, 5.74) is 7.40. The van der Waals surface area contributed by atoms with Gasteiger partial charge in [-0.05, 0) is 41.8 Å². The summed E-state index contributed by atoms with van der Waals surface area (Å²) in [6.45, 7) is 2.99. The normalized spacial score (nSPS) is 11.9. The number of carbonyl (C=O) groups excluding carboxylic acids is 1. The van der Waals surface area contributed by atoms with Gasteiger partial charge < -0.3 is 15.8 Å². The fourth-order valence-corrected chi connectivity index (χ4v) is 2.40. The van der Waals surface area contributed by atoms with Gasteiger partial charge in [-0.2, -0.15) is 0 Å². The SMILES string of the molecule is CCC(NCc1ccc(OCc2cccc(Cl)c2)cc1)C(N)=O. The van der Waals surface area contributed by atoms with Crippen molar-refractivity contribution < 1.29 is 9.53 Å². The standard InChI is InChI=1S/C18H21ClN2O2/c1-2-17(18(20)22)21-11-13-6-8-16(9-7-13)23-12-14-4-3-5-15(19)10-14/h3-10,17,21H,2,11-12H2,1H3,(H2,20,22). The number of primary amides is 1. The first-order valence-corrected chi connectivity index (χ1v) is 7.95. The maximum absolute atomic E-state index is 11.2. The molecule has 4 nitrogen and oxygen atoms in total. The lowest BCUT2D eigenvalue weighted by molar-refractivity contribution is -0.120. The molecule has 0 heterocycles. The first-order valence-electron chi connectivity index (χ1n) is 7.57. The maximum Gasteiger partial charge on any atom is 0.234 e. The van der Waals surface area contributed by atoms with Gasteiger partial charge >= 0.3 is 0 Å². The Morgan fingerprint density at radius 3 is 2.57 bits per heavy atom. The lowest BCUT2D eigenvalue weighted by atomic mass is 10.1. The molecule has 3 N–H and O–H groups in total. The van der Waals surface area contributed by atoms with E-state index in [-0.39, 0.29) is 11.9 Å². The van der Waals surface area contributed by atoms with Crippen LogP contribution in [0.1, 0.15) is 24.5 Å². The fraction of sp³-hybridized carbons (Fsp3) is 0.278. The Kier molecular flexibility index (Phi) is 6.44. The number of carbonyl (C=O) groups is 1. The fourth-order valence-electron chi connectivity index (χ4n) is 2.18. The summed E-state index contributed by atoms with van der Waals surface area (Å²) < 4.78 is 5.73. The molecule has 0 aliphatic carbocycles. The van der Waals surface area contributed by atoms with Crippen LogP contribution in [0.5, 0.6) is 5.75 Å². The summed E-state index contributed by atoms with van der Waals surface area (Å²) >= 11 is 5.95. The van der Waals surface area contributed by atoms with E-state index in [0.29, 0.717) is 24.6 Å². The van der Waals surface area contributed by atoms with Crippen molar-refractivity contribution in [2.75, 3.05) is 0 Å². The van der Waals surface area contributed by atoms with Gasteiger partial charge in [-0.25, -0.2) is 0 Å². The summed E-state index contributed by atoms with van der Waals surface area (Å²) in [7, 11) is 0. The predicted molar refractivity (Wildman–Crippen MR) is 92.3 cm³/mol. The third kappa shape index (κ3) is 5.58. The number of nitrogens with two attached hydrogens (primary N) is 1. The highest BCUT2D eigenvalue weighted by molar-refractivity contribution is 6.30. The van der Waals surface area contributed by atoms with Gasteiger partial charge in [0.1, 0.15) is 12.4 Å². The molecule has 1 atom stereocenters. The lowest BCUT2D eigenvalue weighted by Crippen LogP contribution is -2.40. The summed E-state index contributed by atoms with van der Waals surface area (Å²) in [6.07, 6.45) is 0.677. The highest BCUT2D eigenvalue weighted by Gasteiger charge is 2.11. The van der Waals surface area contributed by atoms with Crippen LogP contribution < -0.4 is 15.8 Å². The summed E-state index contributed by atoms with van der Waals surface area (Å²) in [6, 6.07) is 15.0. The number of hydrogen-bond donors (Lipinski definition) is 2. The maximum atomic E-state index is 11.2. The van der Waals surface area contributed by atoms with E-state index in [0.717, 1.165) is 16.9 Å². The summed E-state index contributed by atoms with van der Waals surface area (Å²) in [4.78, 5) is 11.2. The zero-order valence-corrected chi connectivity index (χ0v) is 13.8. The van der Waals surface area contributed by atoms with E-state index in [1.165, 1.54) is 0 Å². The number of rotatable bonds is 8. The molecule has 122 valence electrons. The Morgan fingerprint density at radius 2 is 1.96 bits per heavy atom. The second-order valence-electron chi connectivity index (χ2n) is 5.31. The molecule has 0 saturated heterocycles. The zero-order chi connectivity index (χ0) is 16.7. The topological polar surface area (TPSA) is 64.3 Å². The van der Waals surface area contributed by atoms with Crippen molar-refractivity contribution >= 4 is 17.5 Å². The Hall–Kier alpha value is -2.04. The third-order valence-corrected chi connectivity index (χ3v) is 3.76. The van der Waals surface area contributed by atoms with Crippen LogP contribution in [-0.2, 0) is 17.9 Å². The molecule has 0 radical (unpaired) electrons. The van der Waals surface area contributed by atoms with Gasteiger partial charge in [-0.15, -0.1) is 0 Å². The molecule has 2 aromatic rings. The number of halogens is 1. The average Bonchev–Trinajstić information content (AvgIpc) is 2.54. The Labute approximate surface area is 141 Å². The van der Waals surface area contributed by atoms with Crippen molar-refractivity contribution in [1.82, 2.24) is 5.32 Å². The van der Waals surface area contributed by atoms with E-state index < -0.39 is 0 Å². The van der Waals surface area contributed by atoms with E-state index >= 15 is 0 Å². The number of benzene rings is 2. The number of hydrogen-bond acceptors (Lipinski definition) is 3. The van der Waals surface area contributed by atoms with Crippen molar-refractivity contribution in [3.8, 4) is 5.75 Å². The monoisotopic (exact) mass is 332 g/mol. The van der Waals surface area contributed by atoms with Crippen LogP contribution in [0.25, 0.3) is 0 Å². The second-order valence-corrected chi connectivity index (χ2v) is 5.74. The van der Waals surface area contributed by atoms with E-state index in [1.54, 1.807) is 0 Å². The van der Waals surface area contributed by atoms with Crippen molar-refractivity contribution in [3.05, 3.63) is 64.7 Å². The van der Waals surface area contributed by atoms with Gasteiger partial charge in [0.25, 0.3) is 0 Å². The van der Waals surface area contributed by atoms with Gasteiger partial charge in [-0.1, -0.05) is 42.8 Å². The van der Waals surface area contributed by atoms with Crippen LogP contribution >= 0.6 is 11.6 Å². The van der Waals surface area contributed by atoms with Crippen LogP contribution in [0.15, 0.2) is 48.5 Å². The smallest absolute Gasteiger partial charge is 0.234 e. The minimum atomic E-state index is -0.325. The highest BCUT2D eigenvalue weighted by Crippen LogP contribution is 2.16. The van der Waals surface area contributed by atoms with Crippen LogP contribution in [0.3, 0.4) is 0 Å². The Balaban J connectivity index is 1.85. The van der Waals surface area contributed by atoms with E-state index in [9.17, 15) is 4.79 Å². The predicted octanol–water partition coefficient (Wildman–Crippen LogP) is 3.27. The largest absolute Gasteiger partial charge is 0.489 e. The van der Waals surface area contributed by atoms with Crippen LogP contribution in [0.4, 0.5) is 0 Å². The minimum Gasteiger partial charge on any atom is -0.489 e. The molecule has 0 spiro atoms. The number of nitrogens with one attached hydrogen (secondary N) is 1. The first kappa shape index (κ1) is 17.3. The molecule has 2 rings (SSSR count). The third-order valence-electron chi connectivity index (χ3n) is 3.52. The molecule has 1 amide bonds. The van der Waals surface area contributed by atoms with Crippen LogP contribution in [0.2, 0.25) is 5.02 Å².